The molecule has 2 rings (SSSR count). The zero-order valence-electron chi connectivity index (χ0n) is 12.9. The normalized spacial score (nSPS) is 11.4. The van der Waals surface area contributed by atoms with Gasteiger partial charge in [-0.3, -0.25) is 9.78 Å². The molecule has 0 aliphatic carbocycles. The van der Waals surface area contributed by atoms with Crippen LogP contribution in [0.15, 0.2) is 32.7 Å². The smallest absolute Gasteiger partial charge is 0.326 e. The second-order valence-corrected chi connectivity index (χ2v) is 6.52. The minimum atomic E-state index is -3.74. The fraction of sp³-hybridized carbons (Fsp3) is 0.385. The first-order valence-electron chi connectivity index (χ1n) is 6.90. The minimum Gasteiger partial charge on any atom is -0.383 e. The first kappa shape index (κ1) is 20.3. The molecule has 4 N–H and O–H groups in total. The number of methoxy groups -OCH3 is 1. The van der Waals surface area contributed by atoms with E-state index in [4.69, 9.17) is 4.74 Å². The van der Waals surface area contributed by atoms with Crippen molar-refractivity contribution >= 4 is 33.3 Å². The molecule has 1 aromatic heterocycles. The van der Waals surface area contributed by atoms with E-state index in [1.807, 2.05) is 0 Å². The Hall–Kier alpha value is -1.72. The second kappa shape index (κ2) is 8.94. The molecule has 0 radical (unpaired) electrons. The summed E-state index contributed by atoms with van der Waals surface area (Å²) in [5.74, 6) is 0. The fourth-order valence-electron chi connectivity index (χ4n) is 1.97. The van der Waals surface area contributed by atoms with Crippen molar-refractivity contribution in [3.8, 4) is 0 Å². The first-order valence-corrected chi connectivity index (χ1v) is 8.38. The topological polar surface area (TPSA) is 133 Å². The van der Waals surface area contributed by atoms with Gasteiger partial charge < -0.3 is 15.0 Å². The highest BCUT2D eigenvalue weighted by molar-refractivity contribution is 7.89. The number of H-pyrrole nitrogens is 2. The summed E-state index contributed by atoms with van der Waals surface area (Å²) in [6.07, 6.45) is 0. The molecule has 0 unspecified atom stereocenters. The van der Waals surface area contributed by atoms with Crippen LogP contribution < -0.4 is 21.3 Å². The summed E-state index contributed by atoms with van der Waals surface area (Å²) in [4.78, 5) is 27.4. The number of benzene rings is 1. The van der Waals surface area contributed by atoms with Gasteiger partial charge in [0.25, 0.3) is 5.56 Å². The number of nitrogens with one attached hydrogen (secondary N) is 4. The number of sulfonamides is 1. The summed E-state index contributed by atoms with van der Waals surface area (Å²) in [6.45, 7) is 1.81. The molecule has 9 nitrogen and oxygen atoms in total. The summed E-state index contributed by atoms with van der Waals surface area (Å²) in [5, 5.41) is 3.11. The van der Waals surface area contributed by atoms with Gasteiger partial charge in [-0.15, -0.1) is 12.4 Å². The van der Waals surface area contributed by atoms with E-state index in [0.29, 0.717) is 19.7 Å². The minimum absolute atomic E-state index is 0. The van der Waals surface area contributed by atoms with Crippen LogP contribution in [0.25, 0.3) is 10.9 Å². The largest absolute Gasteiger partial charge is 0.383 e. The lowest BCUT2D eigenvalue weighted by Crippen LogP contribution is -2.33. The average Bonchev–Trinajstić information content (AvgIpc) is 2.50. The molecule has 134 valence electrons. The van der Waals surface area contributed by atoms with Crippen molar-refractivity contribution in [3.05, 3.63) is 39.0 Å². The van der Waals surface area contributed by atoms with Crippen LogP contribution in [0.3, 0.4) is 0 Å². The molecule has 0 atom stereocenters. The van der Waals surface area contributed by atoms with Gasteiger partial charge in [0.1, 0.15) is 0 Å². The second-order valence-electron chi connectivity index (χ2n) is 4.76. The molecule has 0 saturated heterocycles. The Balaban J connectivity index is 0.00000288. The van der Waals surface area contributed by atoms with E-state index in [1.54, 1.807) is 7.11 Å². The predicted octanol–water partition coefficient (Wildman–Crippen LogP) is -0.847. The SMILES string of the molecule is COCCNCCNS(=O)(=O)c1ccc2[nH]c(=O)[nH]c(=O)c2c1.Cl. The van der Waals surface area contributed by atoms with Crippen LogP contribution in [0.5, 0.6) is 0 Å². The van der Waals surface area contributed by atoms with E-state index in [1.165, 1.54) is 18.2 Å². The maximum Gasteiger partial charge on any atom is 0.326 e. The maximum atomic E-state index is 12.2. The number of halogens is 1. The number of aromatic amines is 2. The Morgan fingerprint density at radius 1 is 1.12 bits per heavy atom. The molecule has 0 spiro atoms. The van der Waals surface area contributed by atoms with Crippen LogP contribution in [-0.4, -0.2) is 51.7 Å². The van der Waals surface area contributed by atoms with Gasteiger partial charge >= 0.3 is 5.69 Å². The Labute approximate surface area is 144 Å². The van der Waals surface area contributed by atoms with Crippen LogP contribution in [0.1, 0.15) is 0 Å². The van der Waals surface area contributed by atoms with Gasteiger partial charge in [-0.2, -0.15) is 0 Å². The van der Waals surface area contributed by atoms with E-state index >= 15 is 0 Å². The molecule has 0 bridgehead atoms. The molecular weight excluding hydrogens is 360 g/mol. The molecule has 1 aromatic carbocycles. The highest BCUT2D eigenvalue weighted by Gasteiger charge is 2.14. The molecule has 2 aromatic rings. The zero-order valence-corrected chi connectivity index (χ0v) is 14.6. The monoisotopic (exact) mass is 378 g/mol. The van der Waals surface area contributed by atoms with Crippen LogP contribution >= 0.6 is 12.4 Å². The van der Waals surface area contributed by atoms with Crippen molar-refractivity contribution in [1.29, 1.82) is 0 Å². The standard InChI is InChI=1S/C13H18N4O5S.ClH/c1-22-7-6-14-4-5-15-23(20,21)9-2-3-11-10(8-9)12(18)17-13(19)16-11;/h2-3,8,14-15H,4-7H2,1H3,(H2,16,17,18,19);1H. The summed E-state index contributed by atoms with van der Waals surface area (Å²) in [7, 11) is -2.16. The quantitative estimate of drug-likeness (QED) is 0.442. The summed E-state index contributed by atoms with van der Waals surface area (Å²) < 4.78 is 31.7. The van der Waals surface area contributed by atoms with Gasteiger partial charge in [-0.25, -0.2) is 17.9 Å². The third-order valence-corrected chi connectivity index (χ3v) is 4.56. The highest BCUT2D eigenvalue weighted by atomic mass is 35.5. The van der Waals surface area contributed by atoms with Crippen molar-refractivity contribution < 1.29 is 13.2 Å². The number of ether oxygens (including phenoxy) is 1. The molecule has 11 heteroatoms. The lowest BCUT2D eigenvalue weighted by atomic mass is 10.2. The number of rotatable bonds is 8. The molecule has 1 heterocycles. The lowest BCUT2D eigenvalue weighted by molar-refractivity contribution is 0.199. The van der Waals surface area contributed by atoms with Crippen LogP contribution in [0.2, 0.25) is 0 Å². The van der Waals surface area contributed by atoms with Gasteiger partial charge in [-0.1, -0.05) is 0 Å². The number of fused-ring (bicyclic) bond motifs is 1. The van der Waals surface area contributed by atoms with Crippen molar-refractivity contribution in [2.75, 3.05) is 33.4 Å². The molecule has 0 fully saturated rings. The molecule has 0 aliphatic rings. The maximum absolute atomic E-state index is 12.2. The van der Waals surface area contributed by atoms with Gasteiger partial charge in [0.15, 0.2) is 0 Å². The van der Waals surface area contributed by atoms with Gasteiger partial charge in [-0.05, 0) is 18.2 Å². The highest BCUT2D eigenvalue weighted by Crippen LogP contribution is 2.13. The van der Waals surface area contributed by atoms with Crippen molar-refractivity contribution in [1.82, 2.24) is 20.0 Å². The van der Waals surface area contributed by atoms with Crippen molar-refractivity contribution in [3.63, 3.8) is 0 Å². The van der Waals surface area contributed by atoms with Crippen molar-refractivity contribution in [2.45, 2.75) is 4.90 Å². The van der Waals surface area contributed by atoms with Crippen LogP contribution in [0.4, 0.5) is 0 Å². The van der Waals surface area contributed by atoms with E-state index in [9.17, 15) is 18.0 Å². The molecule has 24 heavy (non-hydrogen) atoms. The summed E-state index contributed by atoms with van der Waals surface area (Å²) in [6, 6.07) is 3.95. The number of hydrogen-bond acceptors (Lipinski definition) is 6. The number of hydrogen-bond donors (Lipinski definition) is 4. The molecule has 0 saturated carbocycles. The van der Waals surface area contributed by atoms with Gasteiger partial charge in [0.05, 0.1) is 22.4 Å². The van der Waals surface area contributed by atoms with Crippen LogP contribution in [0, 0.1) is 0 Å². The summed E-state index contributed by atoms with van der Waals surface area (Å²) >= 11 is 0. The van der Waals surface area contributed by atoms with Crippen LogP contribution in [-0.2, 0) is 14.8 Å². The third-order valence-electron chi connectivity index (χ3n) is 3.10. The average molecular weight is 379 g/mol. The van der Waals surface area contributed by atoms with E-state index in [2.05, 4.69) is 20.0 Å². The Bertz CT molecular complexity index is 893. The van der Waals surface area contributed by atoms with E-state index in [0.717, 1.165) is 0 Å². The Kier molecular flexibility index (Phi) is 7.58. The van der Waals surface area contributed by atoms with Gasteiger partial charge in [0, 0.05) is 26.7 Å². The number of aromatic nitrogens is 2. The molecule has 0 aliphatic heterocycles. The van der Waals surface area contributed by atoms with Gasteiger partial charge in [0.2, 0.25) is 10.0 Å². The molecule has 0 amide bonds. The van der Waals surface area contributed by atoms with E-state index < -0.39 is 21.3 Å². The molecular formula is C13H19ClN4O5S. The third kappa shape index (κ3) is 5.14. The van der Waals surface area contributed by atoms with E-state index in [-0.39, 0.29) is 34.8 Å². The van der Waals surface area contributed by atoms with Crippen molar-refractivity contribution in [2.24, 2.45) is 0 Å². The Morgan fingerprint density at radius 3 is 2.58 bits per heavy atom. The lowest BCUT2D eigenvalue weighted by Gasteiger charge is -2.08. The Morgan fingerprint density at radius 2 is 1.88 bits per heavy atom. The zero-order chi connectivity index (χ0) is 16.9. The fourth-order valence-corrected chi connectivity index (χ4v) is 3.03. The summed E-state index contributed by atoms with van der Waals surface area (Å²) in [5.41, 5.74) is -1.00. The first-order chi connectivity index (χ1) is 10.9. The predicted molar refractivity (Wildman–Crippen MR) is 92.4 cm³/mol.